The van der Waals surface area contributed by atoms with Gasteiger partial charge < -0.3 is 14.8 Å². The molecule has 1 aromatic rings. The lowest BCUT2D eigenvalue weighted by Gasteiger charge is -2.50. The first-order chi connectivity index (χ1) is 14.5. The zero-order valence-corrected chi connectivity index (χ0v) is 19.3. The van der Waals surface area contributed by atoms with Gasteiger partial charge in [0.05, 0.1) is 6.42 Å². The lowest BCUT2D eigenvalue weighted by Crippen LogP contribution is -2.71. The summed E-state index contributed by atoms with van der Waals surface area (Å²) < 4.78 is 10.5. The molecule has 9 nitrogen and oxygen atoms in total. The average Bonchev–Trinajstić information content (AvgIpc) is 3.15. The summed E-state index contributed by atoms with van der Waals surface area (Å²) in [7, 11) is 0. The lowest BCUT2D eigenvalue weighted by molar-refractivity contribution is -0.159. The maximum atomic E-state index is 12.9. The van der Waals surface area contributed by atoms with Crippen LogP contribution in [-0.2, 0) is 35.1 Å². The maximum absolute atomic E-state index is 12.9. The van der Waals surface area contributed by atoms with Crippen LogP contribution in [0.4, 0.5) is 0 Å². The van der Waals surface area contributed by atoms with Crippen molar-refractivity contribution in [1.82, 2.24) is 10.2 Å². The molecule has 1 fully saturated rings. The van der Waals surface area contributed by atoms with Crippen LogP contribution in [0.15, 0.2) is 28.8 Å². The summed E-state index contributed by atoms with van der Waals surface area (Å²) in [5, 5.41) is 4.15. The summed E-state index contributed by atoms with van der Waals surface area (Å²) in [6.45, 7) is 6.33. The van der Waals surface area contributed by atoms with Gasteiger partial charge in [-0.25, -0.2) is 4.79 Å². The number of nitrogens with zero attached hydrogens (tertiary/aromatic N) is 1. The Balaban J connectivity index is 1.81. The van der Waals surface area contributed by atoms with Crippen LogP contribution in [0.5, 0.6) is 0 Å². The fraction of sp³-hybridized carbons (Fsp3) is 0.500. The minimum Gasteiger partial charge on any atom is -0.455 e. The van der Waals surface area contributed by atoms with Crippen molar-refractivity contribution < 1.29 is 28.7 Å². The van der Waals surface area contributed by atoms with Crippen LogP contribution in [0.1, 0.15) is 32.6 Å². The molecule has 3 atom stereocenters. The molecule has 0 aromatic carbocycles. The van der Waals surface area contributed by atoms with E-state index in [1.54, 1.807) is 20.8 Å². The molecule has 0 aliphatic carbocycles. The summed E-state index contributed by atoms with van der Waals surface area (Å²) in [4.78, 5) is 51.7. The van der Waals surface area contributed by atoms with E-state index in [4.69, 9.17) is 15.2 Å². The number of hydrogen-bond donors (Lipinski definition) is 2. The molecule has 3 heterocycles. The highest BCUT2D eigenvalue weighted by Gasteiger charge is 2.55. The Bertz CT molecular complexity index is 922. The molecule has 2 aliphatic heterocycles. The van der Waals surface area contributed by atoms with Crippen molar-refractivity contribution in [3.05, 3.63) is 33.7 Å². The number of carbonyl (C=O) groups is 4. The monoisotopic (exact) mass is 467 g/mol. The van der Waals surface area contributed by atoms with Gasteiger partial charge in [-0.05, 0) is 32.2 Å². The van der Waals surface area contributed by atoms with Crippen molar-refractivity contribution in [3.8, 4) is 0 Å². The molecule has 1 unspecified atom stereocenters. The SMILES string of the molecule is CC(=O)OC(N)C1=C(C(=O)OC(C)(C)C)N2C(=O)[C@H](NC(=O)Cc3cccs3)[C@H]2SC1. The predicted octanol–water partition coefficient (Wildman–Crippen LogP) is 1.13. The van der Waals surface area contributed by atoms with Crippen LogP contribution in [0.2, 0.25) is 0 Å². The number of thioether (sulfide) groups is 1. The number of rotatable bonds is 6. The molecule has 0 bridgehead atoms. The molecule has 1 saturated heterocycles. The summed E-state index contributed by atoms with van der Waals surface area (Å²) in [6, 6.07) is 2.94. The van der Waals surface area contributed by atoms with E-state index < -0.39 is 41.1 Å². The molecule has 3 rings (SSSR count). The molecule has 0 saturated carbocycles. The highest BCUT2D eigenvalue weighted by molar-refractivity contribution is 8.00. The van der Waals surface area contributed by atoms with Crippen molar-refractivity contribution in [2.75, 3.05) is 5.75 Å². The van der Waals surface area contributed by atoms with Gasteiger partial charge in [0.1, 0.15) is 22.7 Å². The van der Waals surface area contributed by atoms with Gasteiger partial charge >= 0.3 is 11.9 Å². The topological polar surface area (TPSA) is 128 Å². The summed E-state index contributed by atoms with van der Waals surface area (Å²) in [5.74, 6) is -1.80. The molecule has 0 radical (unpaired) electrons. The first-order valence-corrected chi connectivity index (χ1v) is 11.6. The van der Waals surface area contributed by atoms with Crippen LogP contribution < -0.4 is 11.1 Å². The zero-order chi connectivity index (χ0) is 22.9. The van der Waals surface area contributed by atoms with E-state index in [-0.39, 0.29) is 23.8 Å². The van der Waals surface area contributed by atoms with Crippen molar-refractivity contribution >= 4 is 46.9 Å². The Labute approximate surface area is 188 Å². The van der Waals surface area contributed by atoms with Gasteiger partial charge in [0.2, 0.25) is 5.91 Å². The van der Waals surface area contributed by atoms with Crippen molar-refractivity contribution in [1.29, 1.82) is 0 Å². The third-order valence-electron chi connectivity index (χ3n) is 4.46. The van der Waals surface area contributed by atoms with Crippen LogP contribution in [0, 0.1) is 0 Å². The number of amides is 2. The Morgan fingerprint density at radius 3 is 2.65 bits per heavy atom. The summed E-state index contributed by atoms with van der Waals surface area (Å²) in [5.41, 5.74) is 5.45. The Morgan fingerprint density at radius 1 is 1.35 bits per heavy atom. The number of esters is 2. The van der Waals surface area contributed by atoms with Crippen LogP contribution in [0.25, 0.3) is 0 Å². The second-order valence-corrected chi connectivity index (χ2v) is 10.3. The summed E-state index contributed by atoms with van der Waals surface area (Å²) in [6.07, 6.45) is -1.01. The van der Waals surface area contributed by atoms with Gasteiger partial charge in [0.25, 0.3) is 5.91 Å². The number of fused-ring (bicyclic) bond motifs is 1. The van der Waals surface area contributed by atoms with Gasteiger partial charge in [-0.2, -0.15) is 0 Å². The maximum Gasteiger partial charge on any atom is 0.355 e. The standard InChI is InChI=1S/C20H25N3O6S2/c1-10(24)28-16(21)12-9-31-18-14(22-13(25)8-11-6-5-7-30-11)17(26)23(18)15(12)19(27)29-20(2,3)4/h5-7,14,16,18H,8-9,21H2,1-4H3,(H,22,25)/t14-,16?,18+/m0/s1. The molecule has 11 heteroatoms. The highest BCUT2D eigenvalue weighted by atomic mass is 32.2. The quantitative estimate of drug-likeness (QED) is 0.362. The van der Waals surface area contributed by atoms with E-state index in [2.05, 4.69) is 5.32 Å². The minimum atomic E-state index is -1.19. The molecule has 1 aromatic heterocycles. The number of β-lactam (4-membered cyclic amide) rings is 1. The fourth-order valence-electron chi connectivity index (χ4n) is 3.22. The first-order valence-electron chi connectivity index (χ1n) is 9.63. The zero-order valence-electron chi connectivity index (χ0n) is 17.7. The second-order valence-electron chi connectivity index (χ2n) is 8.12. The molecular weight excluding hydrogens is 442 g/mol. The molecule has 168 valence electrons. The van der Waals surface area contributed by atoms with Gasteiger partial charge in [0, 0.05) is 23.1 Å². The van der Waals surface area contributed by atoms with Gasteiger partial charge in [-0.15, -0.1) is 23.1 Å². The van der Waals surface area contributed by atoms with Crippen LogP contribution in [-0.4, -0.2) is 57.7 Å². The number of carbonyl (C=O) groups excluding carboxylic acids is 4. The summed E-state index contributed by atoms with van der Waals surface area (Å²) >= 11 is 2.79. The van der Waals surface area contributed by atoms with E-state index in [9.17, 15) is 19.2 Å². The van der Waals surface area contributed by atoms with E-state index in [0.717, 1.165) is 4.88 Å². The normalized spacial score (nSPS) is 21.7. The van der Waals surface area contributed by atoms with E-state index >= 15 is 0 Å². The number of nitrogens with one attached hydrogen (secondary N) is 1. The highest BCUT2D eigenvalue weighted by Crippen LogP contribution is 2.41. The number of nitrogens with two attached hydrogens (primary N) is 1. The third-order valence-corrected chi connectivity index (χ3v) is 6.64. The molecule has 2 amide bonds. The minimum absolute atomic E-state index is 0.0267. The van der Waals surface area contributed by atoms with E-state index in [1.807, 2.05) is 17.5 Å². The van der Waals surface area contributed by atoms with Gasteiger partial charge in [-0.1, -0.05) is 6.07 Å². The van der Waals surface area contributed by atoms with Gasteiger partial charge in [0.15, 0.2) is 6.23 Å². The van der Waals surface area contributed by atoms with Crippen LogP contribution >= 0.6 is 23.1 Å². The molecule has 3 N–H and O–H groups in total. The average molecular weight is 468 g/mol. The largest absolute Gasteiger partial charge is 0.455 e. The van der Waals surface area contributed by atoms with Gasteiger partial charge in [-0.3, -0.25) is 25.0 Å². The molecular formula is C20H25N3O6S2. The van der Waals surface area contributed by atoms with E-state index in [0.29, 0.717) is 5.57 Å². The third kappa shape index (κ3) is 5.28. The van der Waals surface area contributed by atoms with Crippen molar-refractivity contribution in [3.63, 3.8) is 0 Å². The second kappa shape index (κ2) is 9.01. The van der Waals surface area contributed by atoms with E-state index in [1.165, 1.54) is 34.9 Å². The molecule has 31 heavy (non-hydrogen) atoms. The van der Waals surface area contributed by atoms with Crippen molar-refractivity contribution in [2.45, 2.75) is 57.4 Å². The fourth-order valence-corrected chi connectivity index (χ4v) is 5.31. The Morgan fingerprint density at radius 2 is 2.06 bits per heavy atom. The molecule has 2 aliphatic rings. The lowest BCUT2D eigenvalue weighted by atomic mass is 10.0. The Hall–Kier alpha value is -2.37. The van der Waals surface area contributed by atoms with Crippen molar-refractivity contribution in [2.24, 2.45) is 5.73 Å². The van der Waals surface area contributed by atoms with Crippen LogP contribution in [0.3, 0.4) is 0 Å². The smallest absolute Gasteiger partial charge is 0.355 e. The first kappa shape index (κ1) is 23.3. The number of thiophene rings is 1. The number of hydrogen-bond acceptors (Lipinski definition) is 9. The predicted molar refractivity (Wildman–Crippen MR) is 116 cm³/mol. The number of ether oxygens (including phenoxy) is 2. The Kier molecular flexibility index (Phi) is 6.77. The molecule has 0 spiro atoms.